The van der Waals surface area contributed by atoms with Gasteiger partial charge in [-0.15, -0.1) is 0 Å². The minimum atomic E-state index is -3.62. The maximum absolute atomic E-state index is 13.6. The van der Waals surface area contributed by atoms with E-state index in [0.717, 1.165) is 12.8 Å². The molecular formula is C17H16FNO4S. The third kappa shape index (κ3) is 3.32. The highest BCUT2D eigenvalue weighted by atomic mass is 32.2. The molecule has 126 valence electrons. The summed E-state index contributed by atoms with van der Waals surface area (Å²) in [6.45, 7) is 0.957. The van der Waals surface area contributed by atoms with Gasteiger partial charge >= 0.3 is 5.97 Å². The summed E-state index contributed by atoms with van der Waals surface area (Å²) in [5, 5.41) is 0. The summed E-state index contributed by atoms with van der Waals surface area (Å²) in [6.07, 6.45) is 1.66. The van der Waals surface area contributed by atoms with Gasteiger partial charge in [0.1, 0.15) is 0 Å². The molecule has 0 radical (unpaired) electrons. The summed E-state index contributed by atoms with van der Waals surface area (Å²) in [4.78, 5) is 12.2. The number of halogens is 1. The average molecular weight is 349 g/mol. The maximum atomic E-state index is 13.6. The van der Waals surface area contributed by atoms with E-state index < -0.39 is 21.8 Å². The Balaban J connectivity index is 1.85. The van der Waals surface area contributed by atoms with Crippen molar-refractivity contribution < 1.29 is 22.3 Å². The summed E-state index contributed by atoms with van der Waals surface area (Å²) in [7, 11) is -3.62. The number of para-hydroxylation sites is 1. The van der Waals surface area contributed by atoms with Crippen LogP contribution in [0.5, 0.6) is 5.75 Å². The first-order chi connectivity index (χ1) is 11.5. The lowest BCUT2D eigenvalue weighted by atomic mass is 10.2. The van der Waals surface area contributed by atoms with Crippen LogP contribution in [0.3, 0.4) is 0 Å². The summed E-state index contributed by atoms with van der Waals surface area (Å²) in [6, 6.07) is 11.1. The molecule has 0 atom stereocenters. The average Bonchev–Trinajstić information content (AvgIpc) is 3.12. The molecule has 1 saturated heterocycles. The second kappa shape index (κ2) is 6.70. The third-order valence-corrected chi connectivity index (χ3v) is 5.71. The topological polar surface area (TPSA) is 63.7 Å². The van der Waals surface area contributed by atoms with E-state index in [2.05, 4.69) is 0 Å². The van der Waals surface area contributed by atoms with Crippen LogP contribution in [0.2, 0.25) is 0 Å². The zero-order valence-electron chi connectivity index (χ0n) is 12.8. The number of rotatable bonds is 4. The van der Waals surface area contributed by atoms with Crippen molar-refractivity contribution >= 4 is 16.0 Å². The Morgan fingerprint density at radius 1 is 1.04 bits per heavy atom. The molecule has 1 heterocycles. The standard InChI is InChI=1S/C17H16FNO4S/c18-15-8-1-2-9-16(15)23-17(20)13-6-5-7-14(12-13)24(21,22)19-10-3-4-11-19/h1-2,5-9,12H,3-4,10-11H2. The normalized spacial score (nSPS) is 15.4. The molecule has 1 aliphatic rings. The first-order valence-electron chi connectivity index (χ1n) is 7.55. The van der Waals surface area contributed by atoms with Gasteiger partial charge in [0.15, 0.2) is 11.6 Å². The Morgan fingerprint density at radius 3 is 2.46 bits per heavy atom. The lowest BCUT2D eigenvalue weighted by Crippen LogP contribution is -2.28. The van der Waals surface area contributed by atoms with Crippen molar-refractivity contribution in [2.24, 2.45) is 0 Å². The molecule has 0 aromatic heterocycles. The fourth-order valence-electron chi connectivity index (χ4n) is 2.55. The maximum Gasteiger partial charge on any atom is 0.343 e. The first kappa shape index (κ1) is 16.6. The SMILES string of the molecule is O=C(Oc1ccccc1F)c1cccc(S(=O)(=O)N2CCCC2)c1. The summed E-state index contributed by atoms with van der Waals surface area (Å²) in [5.74, 6) is -1.67. The Labute approximate surface area is 139 Å². The highest BCUT2D eigenvalue weighted by Crippen LogP contribution is 2.23. The van der Waals surface area contributed by atoms with Crippen LogP contribution >= 0.6 is 0 Å². The quantitative estimate of drug-likeness (QED) is 0.629. The number of ether oxygens (including phenoxy) is 1. The molecule has 0 spiro atoms. The zero-order chi connectivity index (χ0) is 17.2. The minimum Gasteiger partial charge on any atom is -0.420 e. The number of benzene rings is 2. The molecule has 7 heteroatoms. The number of carbonyl (C=O) groups is 1. The van der Waals surface area contributed by atoms with Crippen LogP contribution in [0.1, 0.15) is 23.2 Å². The van der Waals surface area contributed by atoms with Gasteiger partial charge in [-0.1, -0.05) is 18.2 Å². The molecule has 0 unspecified atom stereocenters. The van der Waals surface area contributed by atoms with E-state index in [1.165, 1.54) is 46.8 Å². The van der Waals surface area contributed by atoms with E-state index in [4.69, 9.17) is 4.74 Å². The first-order valence-corrected chi connectivity index (χ1v) is 8.99. The molecule has 0 bridgehead atoms. The molecule has 3 rings (SSSR count). The van der Waals surface area contributed by atoms with Crippen molar-refractivity contribution in [3.05, 3.63) is 59.9 Å². The molecule has 1 fully saturated rings. The second-order valence-electron chi connectivity index (χ2n) is 5.46. The number of nitrogens with zero attached hydrogens (tertiary/aromatic N) is 1. The van der Waals surface area contributed by atoms with Gasteiger partial charge in [-0.3, -0.25) is 0 Å². The number of carbonyl (C=O) groups excluding carboxylic acids is 1. The number of sulfonamides is 1. The highest BCUT2D eigenvalue weighted by molar-refractivity contribution is 7.89. The molecule has 0 amide bonds. The lowest BCUT2D eigenvalue weighted by Gasteiger charge is -2.15. The van der Waals surface area contributed by atoms with Crippen LogP contribution in [-0.4, -0.2) is 31.8 Å². The van der Waals surface area contributed by atoms with Crippen LogP contribution < -0.4 is 4.74 Å². The van der Waals surface area contributed by atoms with Gasteiger partial charge in [0.2, 0.25) is 10.0 Å². The van der Waals surface area contributed by atoms with E-state index in [0.29, 0.717) is 13.1 Å². The number of hydrogen-bond acceptors (Lipinski definition) is 4. The predicted molar refractivity (Wildman–Crippen MR) is 85.8 cm³/mol. The Hall–Kier alpha value is -2.25. The Kier molecular flexibility index (Phi) is 4.64. The van der Waals surface area contributed by atoms with Crippen LogP contribution in [0.4, 0.5) is 4.39 Å². The Bertz CT molecular complexity index is 860. The molecule has 2 aromatic rings. The minimum absolute atomic E-state index is 0.0346. The fourth-order valence-corrected chi connectivity index (χ4v) is 4.11. The van der Waals surface area contributed by atoms with Crippen molar-refractivity contribution in [3.63, 3.8) is 0 Å². The summed E-state index contributed by atoms with van der Waals surface area (Å²) >= 11 is 0. The van der Waals surface area contributed by atoms with Gasteiger partial charge in [0.05, 0.1) is 10.5 Å². The second-order valence-corrected chi connectivity index (χ2v) is 7.40. The molecule has 2 aromatic carbocycles. The Morgan fingerprint density at radius 2 is 1.75 bits per heavy atom. The van der Waals surface area contributed by atoms with E-state index in [9.17, 15) is 17.6 Å². The molecular weight excluding hydrogens is 333 g/mol. The van der Waals surface area contributed by atoms with Gasteiger partial charge in [-0.2, -0.15) is 4.31 Å². The highest BCUT2D eigenvalue weighted by Gasteiger charge is 2.27. The third-order valence-electron chi connectivity index (χ3n) is 3.81. The van der Waals surface area contributed by atoms with Crippen LogP contribution in [0.15, 0.2) is 53.4 Å². The van der Waals surface area contributed by atoms with Gasteiger partial charge in [0, 0.05) is 13.1 Å². The molecule has 0 N–H and O–H groups in total. The smallest absolute Gasteiger partial charge is 0.343 e. The van der Waals surface area contributed by atoms with E-state index >= 15 is 0 Å². The zero-order valence-corrected chi connectivity index (χ0v) is 13.6. The van der Waals surface area contributed by atoms with Crippen molar-refractivity contribution in [2.45, 2.75) is 17.7 Å². The van der Waals surface area contributed by atoms with E-state index in [1.54, 1.807) is 6.07 Å². The number of esters is 1. The van der Waals surface area contributed by atoms with E-state index in [-0.39, 0.29) is 16.2 Å². The van der Waals surface area contributed by atoms with Gasteiger partial charge in [0.25, 0.3) is 0 Å². The van der Waals surface area contributed by atoms with Crippen molar-refractivity contribution in [3.8, 4) is 5.75 Å². The molecule has 0 aliphatic carbocycles. The molecule has 0 saturated carbocycles. The largest absolute Gasteiger partial charge is 0.420 e. The van der Waals surface area contributed by atoms with Crippen molar-refractivity contribution in [1.29, 1.82) is 0 Å². The summed E-state index contributed by atoms with van der Waals surface area (Å²) in [5.41, 5.74) is 0.0542. The van der Waals surface area contributed by atoms with Crippen molar-refractivity contribution in [1.82, 2.24) is 4.31 Å². The monoisotopic (exact) mass is 349 g/mol. The van der Waals surface area contributed by atoms with Gasteiger partial charge < -0.3 is 4.74 Å². The molecule has 1 aliphatic heterocycles. The van der Waals surface area contributed by atoms with Crippen molar-refractivity contribution in [2.75, 3.05) is 13.1 Å². The van der Waals surface area contributed by atoms with Crippen LogP contribution in [0, 0.1) is 5.82 Å². The van der Waals surface area contributed by atoms with Crippen LogP contribution in [-0.2, 0) is 10.0 Å². The lowest BCUT2D eigenvalue weighted by molar-refractivity contribution is 0.0727. The molecule has 5 nitrogen and oxygen atoms in total. The van der Waals surface area contributed by atoms with Gasteiger partial charge in [-0.05, 0) is 43.2 Å². The molecule has 24 heavy (non-hydrogen) atoms. The van der Waals surface area contributed by atoms with E-state index in [1.807, 2.05) is 0 Å². The van der Waals surface area contributed by atoms with Gasteiger partial charge in [-0.25, -0.2) is 17.6 Å². The predicted octanol–water partition coefficient (Wildman–Crippen LogP) is 2.83. The number of hydrogen-bond donors (Lipinski definition) is 0. The summed E-state index contributed by atoms with van der Waals surface area (Å²) < 4.78 is 45.0. The van der Waals surface area contributed by atoms with Crippen LogP contribution in [0.25, 0.3) is 0 Å². The fraction of sp³-hybridized carbons (Fsp3) is 0.235.